The summed E-state index contributed by atoms with van der Waals surface area (Å²) in [5, 5.41) is 17.4. The summed E-state index contributed by atoms with van der Waals surface area (Å²) in [4.78, 5) is 0. The quantitative estimate of drug-likeness (QED) is 0.440. The number of nitrogens with zero attached hydrogens (tertiary/aromatic N) is 1. The molecule has 6 heteroatoms. The van der Waals surface area contributed by atoms with Gasteiger partial charge in [-0.25, -0.2) is 0 Å². The zero-order chi connectivity index (χ0) is 15.1. The summed E-state index contributed by atoms with van der Waals surface area (Å²) in [7, 11) is 1.64. The van der Waals surface area contributed by atoms with Gasteiger partial charge in [-0.15, -0.1) is 0 Å². The molecule has 3 N–H and O–H groups in total. The molecule has 0 heterocycles. The molecule has 1 aromatic rings. The van der Waals surface area contributed by atoms with Gasteiger partial charge in [-0.3, -0.25) is 5.43 Å². The van der Waals surface area contributed by atoms with Crippen LogP contribution in [0.3, 0.4) is 0 Å². The number of aromatic hydroxyl groups is 1. The molecule has 0 spiro atoms. The molecule has 1 rings (SSSR count). The van der Waals surface area contributed by atoms with Crippen molar-refractivity contribution in [2.45, 2.75) is 26.8 Å². The van der Waals surface area contributed by atoms with Crippen LogP contribution in [-0.2, 0) is 4.74 Å². The number of hydrogen-bond donors (Lipinski definition) is 3. The van der Waals surface area contributed by atoms with E-state index in [0.717, 1.165) is 5.56 Å². The molecule has 1 aromatic carbocycles. The van der Waals surface area contributed by atoms with Crippen LogP contribution in [0.4, 0.5) is 0 Å². The first-order valence-electron chi connectivity index (χ1n) is 6.33. The minimum atomic E-state index is 0.0999. The lowest BCUT2D eigenvalue weighted by Gasteiger charge is -2.14. The Balaban J connectivity index is 2.65. The minimum absolute atomic E-state index is 0.0999. The van der Waals surface area contributed by atoms with Gasteiger partial charge in [-0.1, -0.05) is 11.6 Å². The van der Waals surface area contributed by atoms with E-state index in [1.54, 1.807) is 13.2 Å². The number of ether oxygens (including phenoxy) is 1. The molecule has 0 saturated heterocycles. The number of phenols is 1. The van der Waals surface area contributed by atoms with Crippen molar-refractivity contribution in [1.29, 1.82) is 0 Å². The Kier molecular flexibility index (Phi) is 6.41. The van der Waals surface area contributed by atoms with Crippen LogP contribution in [0.2, 0.25) is 0 Å². The molecule has 0 aliphatic carbocycles. The zero-order valence-electron chi connectivity index (χ0n) is 12.2. The van der Waals surface area contributed by atoms with Gasteiger partial charge in [0, 0.05) is 18.7 Å². The molecule has 0 aliphatic rings. The first kappa shape index (κ1) is 16.4. The van der Waals surface area contributed by atoms with Crippen molar-refractivity contribution in [1.82, 2.24) is 10.7 Å². The Hall–Kier alpha value is -1.66. The Morgan fingerprint density at radius 3 is 2.85 bits per heavy atom. The van der Waals surface area contributed by atoms with E-state index in [4.69, 9.17) is 17.0 Å². The topological polar surface area (TPSA) is 65.9 Å². The number of hydrazone groups is 1. The lowest BCUT2D eigenvalue weighted by atomic mass is 10.1. The first-order valence-corrected chi connectivity index (χ1v) is 6.74. The van der Waals surface area contributed by atoms with E-state index in [9.17, 15) is 5.11 Å². The Morgan fingerprint density at radius 2 is 2.20 bits per heavy atom. The van der Waals surface area contributed by atoms with E-state index >= 15 is 0 Å². The fraction of sp³-hybridized carbons (Fsp3) is 0.429. The Morgan fingerprint density at radius 1 is 1.50 bits per heavy atom. The molecule has 0 saturated carbocycles. The number of hydrogen-bond acceptors (Lipinski definition) is 4. The van der Waals surface area contributed by atoms with Crippen molar-refractivity contribution < 1.29 is 9.84 Å². The fourth-order valence-corrected chi connectivity index (χ4v) is 1.93. The average Bonchev–Trinajstić information content (AvgIpc) is 2.39. The van der Waals surface area contributed by atoms with Crippen molar-refractivity contribution in [3.63, 3.8) is 0 Å². The van der Waals surface area contributed by atoms with Crippen LogP contribution in [0.15, 0.2) is 23.3 Å². The molecule has 0 aliphatic heterocycles. The number of methoxy groups -OCH3 is 1. The SMILES string of the molecule is COC[C@H](C)NC(=S)N/N=C(\C)c1cc(C)ccc1O. The van der Waals surface area contributed by atoms with Crippen LogP contribution in [0.5, 0.6) is 5.75 Å². The van der Waals surface area contributed by atoms with E-state index in [0.29, 0.717) is 23.0 Å². The summed E-state index contributed by atoms with van der Waals surface area (Å²) in [5.74, 6) is 0.199. The van der Waals surface area contributed by atoms with Crippen LogP contribution in [0, 0.1) is 6.92 Å². The van der Waals surface area contributed by atoms with Crippen LogP contribution >= 0.6 is 12.2 Å². The molecule has 1 atom stereocenters. The number of aryl methyl sites for hydroxylation is 1. The summed E-state index contributed by atoms with van der Waals surface area (Å²) in [5.41, 5.74) is 5.16. The minimum Gasteiger partial charge on any atom is -0.507 e. The second kappa shape index (κ2) is 7.81. The fourth-order valence-electron chi connectivity index (χ4n) is 1.68. The van der Waals surface area contributed by atoms with Gasteiger partial charge in [0.05, 0.1) is 12.3 Å². The monoisotopic (exact) mass is 295 g/mol. The maximum Gasteiger partial charge on any atom is 0.187 e. The van der Waals surface area contributed by atoms with Crippen molar-refractivity contribution in [3.05, 3.63) is 29.3 Å². The molecule has 110 valence electrons. The van der Waals surface area contributed by atoms with Gasteiger partial charge in [-0.2, -0.15) is 5.10 Å². The Bertz CT molecular complexity index is 503. The highest BCUT2D eigenvalue weighted by Gasteiger charge is 2.06. The molecular formula is C14H21N3O2S. The lowest BCUT2D eigenvalue weighted by Crippen LogP contribution is -2.40. The van der Waals surface area contributed by atoms with Gasteiger partial charge < -0.3 is 15.2 Å². The number of thiocarbonyl (C=S) groups is 1. The Labute approximate surface area is 125 Å². The van der Waals surface area contributed by atoms with E-state index < -0.39 is 0 Å². The summed E-state index contributed by atoms with van der Waals surface area (Å²) < 4.78 is 5.01. The van der Waals surface area contributed by atoms with Crippen LogP contribution in [0.25, 0.3) is 0 Å². The molecule has 0 fully saturated rings. The molecule has 20 heavy (non-hydrogen) atoms. The molecule has 0 unspecified atom stereocenters. The largest absolute Gasteiger partial charge is 0.507 e. The maximum atomic E-state index is 9.81. The van der Waals surface area contributed by atoms with Crippen LogP contribution in [0.1, 0.15) is 25.0 Å². The summed E-state index contributed by atoms with van der Waals surface area (Å²) in [6.07, 6.45) is 0. The van der Waals surface area contributed by atoms with Crippen LogP contribution < -0.4 is 10.7 Å². The number of benzene rings is 1. The van der Waals surface area contributed by atoms with Crippen molar-refractivity contribution in [3.8, 4) is 5.75 Å². The predicted molar refractivity (Wildman–Crippen MR) is 85.3 cm³/mol. The molecular weight excluding hydrogens is 274 g/mol. The van der Waals surface area contributed by atoms with Gasteiger partial charge in [0.2, 0.25) is 0 Å². The summed E-state index contributed by atoms with van der Waals surface area (Å²) >= 11 is 5.12. The number of rotatable bonds is 5. The molecule has 0 amide bonds. The third-order valence-electron chi connectivity index (χ3n) is 2.66. The highest BCUT2D eigenvalue weighted by molar-refractivity contribution is 7.80. The lowest BCUT2D eigenvalue weighted by molar-refractivity contribution is 0.179. The van der Waals surface area contributed by atoms with Crippen molar-refractivity contribution in [2.24, 2.45) is 5.10 Å². The average molecular weight is 295 g/mol. The van der Waals surface area contributed by atoms with Gasteiger partial charge in [0.15, 0.2) is 5.11 Å². The standard InChI is InChI=1S/C14H21N3O2S/c1-9-5-6-13(18)12(7-9)11(3)16-17-14(20)15-10(2)8-19-4/h5-7,10,18H,8H2,1-4H3,(H2,15,17,20)/b16-11+/t10-/m0/s1. The molecule has 0 aromatic heterocycles. The molecule has 0 radical (unpaired) electrons. The van der Waals surface area contributed by atoms with E-state index in [1.165, 1.54) is 0 Å². The van der Waals surface area contributed by atoms with E-state index in [1.807, 2.05) is 32.9 Å². The van der Waals surface area contributed by atoms with Crippen molar-refractivity contribution in [2.75, 3.05) is 13.7 Å². The van der Waals surface area contributed by atoms with Gasteiger partial charge in [0.1, 0.15) is 5.75 Å². The molecule has 0 bridgehead atoms. The van der Waals surface area contributed by atoms with Crippen molar-refractivity contribution >= 4 is 23.0 Å². The first-order chi connectivity index (χ1) is 9.43. The van der Waals surface area contributed by atoms with E-state index in [2.05, 4.69) is 15.8 Å². The highest BCUT2D eigenvalue weighted by Crippen LogP contribution is 2.18. The second-order valence-electron chi connectivity index (χ2n) is 4.66. The molecule has 5 nitrogen and oxygen atoms in total. The van der Waals surface area contributed by atoms with Gasteiger partial charge in [0.25, 0.3) is 0 Å². The van der Waals surface area contributed by atoms with E-state index in [-0.39, 0.29) is 11.8 Å². The third kappa shape index (κ3) is 5.14. The van der Waals surface area contributed by atoms with Crippen LogP contribution in [-0.4, -0.2) is 35.7 Å². The number of phenolic OH excluding ortho intramolecular Hbond substituents is 1. The van der Waals surface area contributed by atoms with Gasteiger partial charge in [-0.05, 0) is 45.1 Å². The van der Waals surface area contributed by atoms with Gasteiger partial charge >= 0.3 is 0 Å². The predicted octanol–water partition coefficient (Wildman–Crippen LogP) is 1.92. The maximum absolute atomic E-state index is 9.81. The smallest absolute Gasteiger partial charge is 0.187 e. The second-order valence-corrected chi connectivity index (χ2v) is 5.07. The highest BCUT2D eigenvalue weighted by atomic mass is 32.1. The summed E-state index contributed by atoms with van der Waals surface area (Å²) in [6.45, 7) is 6.29. The normalized spacial score (nSPS) is 12.9. The summed E-state index contributed by atoms with van der Waals surface area (Å²) in [6, 6.07) is 5.47. The third-order valence-corrected chi connectivity index (χ3v) is 2.87. The zero-order valence-corrected chi connectivity index (χ0v) is 13.0. The number of nitrogens with one attached hydrogen (secondary N) is 2.